The average molecular weight is 253 g/mol. The molecule has 90 valence electrons. The lowest BCUT2D eigenvalue weighted by molar-refractivity contribution is 0.813. The Hall–Kier alpha value is -1.82. The van der Waals surface area contributed by atoms with E-state index in [1.165, 1.54) is 0 Å². The molecule has 4 N–H and O–H groups in total. The van der Waals surface area contributed by atoms with Gasteiger partial charge in [0.05, 0.1) is 0 Å². The summed E-state index contributed by atoms with van der Waals surface area (Å²) < 4.78 is 0. The summed E-state index contributed by atoms with van der Waals surface area (Å²) in [6.45, 7) is 0.771. The number of hydrogen-bond acceptors (Lipinski definition) is 5. The Balaban J connectivity index is 1.78. The fraction of sp³-hybridized carbons (Fsp3) is 0.300. The maximum absolute atomic E-state index is 5.76. The normalized spacial score (nSPS) is 10.4. The van der Waals surface area contributed by atoms with Crippen LogP contribution in [-0.4, -0.2) is 26.5 Å². The summed E-state index contributed by atoms with van der Waals surface area (Å²) in [6.07, 6.45) is 5.38. The van der Waals surface area contributed by atoms with Crippen LogP contribution in [0.3, 0.4) is 0 Å². The molecule has 0 aliphatic rings. The zero-order valence-corrected chi connectivity index (χ0v) is 9.91. The van der Waals surface area contributed by atoms with Crippen LogP contribution >= 0.6 is 11.6 Å². The summed E-state index contributed by atoms with van der Waals surface area (Å²) in [5.74, 6) is 1.79. The molecule has 17 heavy (non-hydrogen) atoms. The van der Waals surface area contributed by atoms with Crippen LogP contribution in [0.4, 0.5) is 11.8 Å². The van der Waals surface area contributed by atoms with Crippen LogP contribution < -0.4 is 11.1 Å². The summed E-state index contributed by atoms with van der Waals surface area (Å²) in [4.78, 5) is 15.0. The summed E-state index contributed by atoms with van der Waals surface area (Å²) in [5.41, 5.74) is 5.48. The van der Waals surface area contributed by atoms with E-state index >= 15 is 0 Å². The quantitative estimate of drug-likeness (QED) is 0.554. The first-order valence-electron chi connectivity index (χ1n) is 5.26. The standard InChI is InChI=1S/C10H13ClN6/c11-7-6-9(17-10(12)16-7)13-3-1-2-8-14-4-5-15-8/h4-6H,1-3H2,(H,14,15)(H3,12,13,16,17). The first-order valence-corrected chi connectivity index (χ1v) is 5.64. The minimum atomic E-state index is 0.172. The highest BCUT2D eigenvalue weighted by molar-refractivity contribution is 6.29. The van der Waals surface area contributed by atoms with Crippen molar-refractivity contribution in [3.63, 3.8) is 0 Å². The Morgan fingerprint density at radius 1 is 1.41 bits per heavy atom. The smallest absolute Gasteiger partial charge is 0.223 e. The van der Waals surface area contributed by atoms with Crippen molar-refractivity contribution >= 4 is 23.4 Å². The van der Waals surface area contributed by atoms with Crippen molar-refractivity contribution in [2.24, 2.45) is 0 Å². The van der Waals surface area contributed by atoms with Gasteiger partial charge >= 0.3 is 0 Å². The molecular weight excluding hydrogens is 240 g/mol. The van der Waals surface area contributed by atoms with Gasteiger partial charge in [-0.1, -0.05) is 11.6 Å². The van der Waals surface area contributed by atoms with Gasteiger partial charge in [-0.2, -0.15) is 4.98 Å². The number of aromatic nitrogens is 4. The number of rotatable bonds is 5. The van der Waals surface area contributed by atoms with E-state index < -0.39 is 0 Å². The highest BCUT2D eigenvalue weighted by Crippen LogP contribution is 2.12. The van der Waals surface area contributed by atoms with Crippen LogP contribution in [0.1, 0.15) is 12.2 Å². The Bertz CT molecular complexity index is 449. The summed E-state index contributed by atoms with van der Waals surface area (Å²) in [7, 11) is 0. The van der Waals surface area contributed by atoms with Gasteiger partial charge in [0.25, 0.3) is 0 Å². The number of imidazole rings is 1. The summed E-state index contributed by atoms with van der Waals surface area (Å²) in [6, 6.07) is 1.64. The van der Waals surface area contributed by atoms with E-state index in [1.54, 1.807) is 12.3 Å². The van der Waals surface area contributed by atoms with Gasteiger partial charge in [0.1, 0.15) is 16.8 Å². The van der Waals surface area contributed by atoms with Crippen LogP contribution in [0.25, 0.3) is 0 Å². The van der Waals surface area contributed by atoms with E-state index in [2.05, 4.69) is 25.3 Å². The lowest BCUT2D eigenvalue weighted by atomic mass is 10.3. The van der Waals surface area contributed by atoms with Crippen LogP contribution in [0, 0.1) is 0 Å². The number of anilines is 2. The highest BCUT2D eigenvalue weighted by Gasteiger charge is 2.00. The SMILES string of the molecule is Nc1nc(Cl)cc(NCCCc2ncc[nH]2)n1. The van der Waals surface area contributed by atoms with Crippen molar-refractivity contribution in [2.75, 3.05) is 17.6 Å². The van der Waals surface area contributed by atoms with Crippen molar-refractivity contribution in [3.05, 3.63) is 29.4 Å². The molecule has 0 saturated carbocycles. The molecule has 0 atom stereocenters. The number of aromatic amines is 1. The monoisotopic (exact) mass is 252 g/mol. The molecule has 2 aromatic rings. The van der Waals surface area contributed by atoms with Gasteiger partial charge in [-0.3, -0.25) is 0 Å². The number of nitrogens with two attached hydrogens (primary N) is 1. The molecule has 2 aromatic heterocycles. The number of H-pyrrole nitrogens is 1. The zero-order valence-electron chi connectivity index (χ0n) is 9.15. The van der Waals surface area contributed by atoms with Crippen molar-refractivity contribution in [1.82, 2.24) is 19.9 Å². The second-order valence-corrected chi connectivity index (χ2v) is 3.89. The van der Waals surface area contributed by atoms with Crippen LogP contribution in [0.2, 0.25) is 5.15 Å². The molecule has 0 aromatic carbocycles. The molecular formula is C10H13ClN6. The lowest BCUT2D eigenvalue weighted by Crippen LogP contribution is -2.07. The summed E-state index contributed by atoms with van der Waals surface area (Å²) in [5, 5.41) is 3.47. The van der Waals surface area contributed by atoms with Gasteiger partial charge in [-0.25, -0.2) is 9.97 Å². The minimum Gasteiger partial charge on any atom is -0.370 e. The maximum atomic E-state index is 5.76. The first-order chi connectivity index (χ1) is 8.24. The molecule has 0 amide bonds. The van der Waals surface area contributed by atoms with Crippen molar-refractivity contribution in [1.29, 1.82) is 0 Å². The number of aryl methyl sites for hydroxylation is 1. The first kappa shape index (κ1) is 11.7. The largest absolute Gasteiger partial charge is 0.370 e. The Morgan fingerprint density at radius 2 is 2.29 bits per heavy atom. The number of halogens is 1. The van der Waals surface area contributed by atoms with Crippen molar-refractivity contribution < 1.29 is 0 Å². The predicted octanol–water partition coefficient (Wildman–Crippen LogP) is 1.48. The van der Waals surface area contributed by atoms with E-state index in [1.807, 2.05) is 6.20 Å². The molecule has 0 spiro atoms. The van der Waals surface area contributed by atoms with E-state index in [0.29, 0.717) is 11.0 Å². The molecule has 0 saturated heterocycles. The number of nitrogen functional groups attached to an aromatic ring is 1. The average Bonchev–Trinajstić information content (AvgIpc) is 2.76. The summed E-state index contributed by atoms with van der Waals surface area (Å²) >= 11 is 5.76. The highest BCUT2D eigenvalue weighted by atomic mass is 35.5. The molecule has 0 radical (unpaired) electrons. The maximum Gasteiger partial charge on any atom is 0.223 e. The van der Waals surface area contributed by atoms with Crippen LogP contribution in [-0.2, 0) is 6.42 Å². The van der Waals surface area contributed by atoms with E-state index in [9.17, 15) is 0 Å². The van der Waals surface area contributed by atoms with E-state index in [-0.39, 0.29) is 5.95 Å². The molecule has 2 heterocycles. The van der Waals surface area contributed by atoms with Crippen LogP contribution in [0.5, 0.6) is 0 Å². The molecule has 0 unspecified atom stereocenters. The fourth-order valence-corrected chi connectivity index (χ4v) is 1.62. The predicted molar refractivity (Wildman–Crippen MR) is 66.9 cm³/mol. The fourth-order valence-electron chi connectivity index (χ4n) is 1.43. The minimum absolute atomic E-state index is 0.172. The van der Waals surface area contributed by atoms with E-state index in [4.69, 9.17) is 17.3 Å². The second kappa shape index (κ2) is 5.49. The third-order valence-corrected chi connectivity index (χ3v) is 2.36. The second-order valence-electron chi connectivity index (χ2n) is 3.50. The van der Waals surface area contributed by atoms with Gasteiger partial charge in [0.2, 0.25) is 5.95 Å². The molecule has 0 aliphatic carbocycles. The van der Waals surface area contributed by atoms with Gasteiger partial charge in [0, 0.05) is 31.4 Å². The van der Waals surface area contributed by atoms with Crippen LogP contribution in [0.15, 0.2) is 18.5 Å². The number of hydrogen-bond donors (Lipinski definition) is 3. The Kier molecular flexibility index (Phi) is 3.77. The van der Waals surface area contributed by atoms with Gasteiger partial charge in [-0.05, 0) is 6.42 Å². The van der Waals surface area contributed by atoms with Gasteiger partial charge < -0.3 is 16.0 Å². The van der Waals surface area contributed by atoms with Crippen molar-refractivity contribution in [2.45, 2.75) is 12.8 Å². The Labute approximate surface area is 104 Å². The molecule has 2 rings (SSSR count). The van der Waals surface area contributed by atoms with Crippen molar-refractivity contribution in [3.8, 4) is 0 Å². The number of nitrogens with zero attached hydrogens (tertiary/aromatic N) is 3. The Morgan fingerprint density at radius 3 is 3.00 bits per heavy atom. The number of nitrogens with one attached hydrogen (secondary N) is 2. The zero-order chi connectivity index (χ0) is 12.1. The molecule has 7 heteroatoms. The van der Waals surface area contributed by atoms with Gasteiger partial charge in [-0.15, -0.1) is 0 Å². The van der Waals surface area contributed by atoms with Gasteiger partial charge in [0.15, 0.2) is 0 Å². The molecule has 0 bridgehead atoms. The van der Waals surface area contributed by atoms with E-state index in [0.717, 1.165) is 25.2 Å². The third-order valence-electron chi connectivity index (χ3n) is 2.16. The molecule has 0 fully saturated rings. The molecule has 6 nitrogen and oxygen atoms in total. The lowest BCUT2D eigenvalue weighted by Gasteiger charge is -2.05. The third kappa shape index (κ3) is 3.60. The molecule has 0 aliphatic heterocycles. The topological polar surface area (TPSA) is 92.5 Å².